The first kappa shape index (κ1) is 22.2. The van der Waals surface area contributed by atoms with E-state index in [1.54, 1.807) is 42.7 Å². The number of carbonyl (C=O) groups excluding carboxylic acids is 2. The highest BCUT2D eigenvalue weighted by Crippen LogP contribution is 2.15. The van der Waals surface area contributed by atoms with Gasteiger partial charge in [0.05, 0.1) is 18.3 Å². The number of benzene rings is 1. The number of hydrogen-bond acceptors (Lipinski definition) is 6. The SMILES string of the molecule is COc1ccc(C(=O)NC(C(=O)N2CCCN(Cc3cscn3)CC2)C(C)C)cc1. The van der Waals surface area contributed by atoms with Crippen molar-refractivity contribution < 1.29 is 14.3 Å². The van der Waals surface area contributed by atoms with Crippen molar-refractivity contribution in [3.05, 3.63) is 46.4 Å². The molecule has 1 unspecified atom stereocenters. The average molecular weight is 431 g/mol. The number of aromatic nitrogens is 1. The van der Waals surface area contributed by atoms with Gasteiger partial charge in [0.2, 0.25) is 5.91 Å². The average Bonchev–Trinajstić information content (AvgIpc) is 3.15. The molecule has 1 aromatic carbocycles. The second kappa shape index (κ2) is 10.5. The smallest absolute Gasteiger partial charge is 0.251 e. The van der Waals surface area contributed by atoms with Crippen LogP contribution in [0.5, 0.6) is 5.75 Å². The number of rotatable bonds is 7. The molecule has 1 aliphatic rings. The minimum Gasteiger partial charge on any atom is -0.497 e. The molecule has 0 radical (unpaired) electrons. The number of thiazole rings is 1. The Hall–Kier alpha value is -2.45. The van der Waals surface area contributed by atoms with Crippen molar-refractivity contribution in [1.82, 2.24) is 20.1 Å². The van der Waals surface area contributed by atoms with Crippen molar-refractivity contribution in [1.29, 1.82) is 0 Å². The maximum atomic E-state index is 13.2. The standard InChI is InChI=1S/C22H30N4O3S/c1-16(2)20(24-21(27)17-5-7-19(29-3)8-6-17)22(28)26-10-4-9-25(11-12-26)13-18-14-30-15-23-18/h5-8,14-16,20H,4,9-13H2,1-3H3,(H,24,27). The van der Waals surface area contributed by atoms with Crippen molar-refractivity contribution in [2.45, 2.75) is 32.9 Å². The van der Waals surface area contributed by atoms with E-state index >= 15 is 0 Å². The van der Waals surface area contributed by atoms with E-state index in [0.29, 0.717) is 24.4 Å². The van der Waals surface area contributed by atoms with Gasteiger partial charge in [-0.25, -0.2) is 4.98 Å². The van der Waals surface area contributed by atoms with Crippen LogP contribution < -0.4 is 10.1 Å². The Morgan fingerprint density at radius 1 is 1.17 bits per heavy atom. The van der Waals surface area contributed by atoms with E-state index in [-0.39, 0.29) is 17.7 Å². The van der Waals surface area contributed by atoms with Crippen molar-refractivity contribution in [3.63, 3.8) is 0 Å². The van der Waals surface area contributed by atoms with Gasteiger partial charge in [0.25, 0.3) is 5.91 Å². The third-order valence-electron chi connectivity index (χ3n) is 5.34. The van der Waals surface area contributed by atoms with E-state index < -0.39 is 6.04 Å². The molecule has 1 aromatic heterocycles. The van der Waals surface area contributed by atoms with Gasteiger partial charge in [-0.15, -0.1) is 11.3 Å². The largest absolute Gasteiger partial charge is 0.497 e. The molecule has 2 amide bonds. The normalized spacial score (nSPS) is 16.2. The maximum absolute atomic E-state index is 13.2. The Morgan fingerprint density at radius 2 is 1.93 bits per heavy atom. The van der Waals surface area contributed by atoms with Crippen LogP contribution in [0, 0.1) is 5.92 Å². The van der Waals surface area contributed by atoms with E-state index in [9.17, 15) is 9.59 Å². The fourth-order valence-electron chi connectivity index (χ4n) is 3.57. The summed E-state index contributed by atoms with van der Waals surface area (Å²) in [5, 5.41) is 5.01. The Labute approximate surface area is 182 Å². The van der Waals surface area contributed by atoms with Gasteiger partial charge >= 0.3 is 0 Å². The number of nitrogens with one attached hydrogen (secondary N) is 1. The zero-order valence-electron chi connectivity index (χ0n) is 17.8. The summed E-state index contributed by atoms with van der Waals surface area (Å²) in [5.41, 5.74) is 3.44. The molecule has 3 rings (SSSR count). The number of nitrogens with zero attached hydrogens (tertiary/aromatic N) is 3. The van der Waals surface area contributed by atoms with Crippen molar-refractivity contribution in [3.8, 4) is 5.75 Å². The van der Waals surface area contributed by atoms with Gasteiger partial charge in [-0.3, -0.25) is 14.5 Å². The van der Waals surface area contributed by atoms with E-state index in [1.807, 2.05) is 24.3 Å². The van der Waals surface area contributed by atoms with Gasteiger partial charge in [-0.05, 0) is 36.6 Å². The molecular weight excluding hydrogens is 400 g/mol. The van der Waals surface area contributed by atoms with Crippen molar-refractivity contribution in [2.24, 2.45) is 5.92 Å². The number of methoxy groups -OCH3 is 1. The lowest BCUT2D eigenvalue weighted by Gasteiger charge is -2.29. The summed E-state index contributed by atoms with van der Waals surface area (Å²) < 4.78 is 5.14. The third kappa shape index (κ3) is 5.79. The highest BCUT2D eigenvalue weighted by molar-refractivity contribution is 7.07. The predicted octanol–water partition coefficient (Wildman–Crippen LogP) is 2.64. The van der Waals surface area contributed by atoms with Crippen LogP contribution in [-0.4, -0.2) is 65.9 Å². The van der Waals surface area contributed by atoms with Crippen LogP contribution in [0.25, 0.3) is 0 Å². The van der Waals surface area contributed by atoms with Gasteiger partial charge in [-0.2, -0.15) is 0 Å². The van der Waals surface area contributed by atoms with Crippen LogP contribution in [0.1, 0.15) is 36.3 Å². The monoisotopic (exact) mass is 430 g/mol. The maximum Gasteiger partial charge on any atom is 0.251 e. The number of carbonyl (C=O) groups is 2. The molecule has 0 bridgehead atoms. The van der Waals surface area contributed by atoms with Crippen LogP contribution in [0.4, 0.5) is 0 Å². The quantitative estimate of drug-likeness (QED) is 0.731. The highest BCUT2D eigenvalue weighted by atomic mass is 32.1. The molecule has 0 aliphatic carbocycles. The summed E-state index contributed by atoms with van der Waals surface area (Å²) in [6.07, 6.45) is 0.910. The molecule has 1 N–H and O–H groups in total. The molecule has 1 fully saturated rings. The first-order valence-corrected chi connectivity index (χ1v) is 11.3. The molecule has 0 spiro atoms. The first-order valence-electron chi connectivity index (χ1n) is 10.3. The summed E-state index contributed by atoms with van der Waals surface area (Å²) in [5.74, 6) is 0.427. The van der Waals surface area contributed by atoms with Crippen molar-refractivity contribution >= 4 is 23.2 Å². The Balaban J connectivity index is 1.60. The van der Waals surface area contributed by atoms with E-state index in [4.69, 9.17) is 4.74 Å². The van der Waals surface area contributed by atoms with E-state index in [0.717, 1.165) is 31.7 Å². The fraction of sp³-hybridized carbons (Fsp3) is 0.500. The van der Waals surface area contributed by atoms with Gasteiger partial charge in [0, 0.05) is 43.7 Å². The third-order valence-corrected chi connectivity index (χ3v) is 5.98. The molecule has 2 aromatic rings. The zero-order chi connectivity index (χ0) is 21.5. The van der Waals surface area contributed by atoms with E-state index in [1.165, 1.54) is 0 Å². The topological polar surface area (TPSA) is 74.8 Å². The number of amides is 2. The lowest BCUT2D eigenvalue weighted by Crippen LogP contribution is -2.52. The molecular formula is C22H30N4O3S. The number of hydrogen-bond donors (Lipinski definition) is 1. The molecule has 30 heavy (non-hydrogen) atoms. The zero-order valence-corrected chi connectivity index (χ0v) is 18.7. The minimum absolute atomic E-state index is 0.00550. The summed E-state index contributed by atoms with van der Waals surface area (Å²) in [7, 11) is 1.59. The minimum atomic E-state index is -0.551. The second-order valence-corrected chi connectivity index (χ2v) is 8.58. The fourth-order valence-corrected chi connectivity index (χ4v) is 4.12. The van der Waals surface area contributed by atoms with Gasteiger partial charge < -0.3 is 15.0 Å². The lowest BCUT2D eigenvalue weighted by molar-refractivity contribution is -0.134. The molecule has 2 heterocycles. The summed E-state index contributed by atoms with van der Waals surface area (Å²) in [6.45, 7) is 7.84. The van der Waals surface area contributed by atoms with Gasteiger partial charge in [0.15, 0.2) is 0 Å². The molecule has 0 saturated carbocycles. The Kier molecular flexibility index (Phi) is 7.81. The molecule has 1 atom stereocenters. The molecule has 1 saturated heterocycles. The Morgan fingerprint density at radius 3 is 2.57 bits per heavy atom. The van der Waals surface area contributed by atoms with Gasteiger partial charge in [-0.1, -0.05) is 13.8 Å². The van der Waals surface area contributed by atoms with Crippen LogP contribution in [0.2, 0.25) is 0 Å². The predicted molar refractivity (Wildman–Crippen MR) is 118 cm³/mol. The van der Waals surface area contributed by atoms with Crippen LogP contribution in [-0.2, 0) is 11.3 Å². The van der Waals surface area contributed by atoms with Crippen LogP contribution >= 0.6 is 11.3 Å². The second-order valence-electron chi connectivity index (χ2n) is 7.86. The lowest BCUT2D eigenvalue weighted by atomic mass is 10.0. The number of ether oxygens (including phenoxy) is 1. The van der Waals surface area contributed by atoms with Crippen LogP contribution in [0.3, 0.4) is 0 Å². The summed E-state index contributed by atoms with van der Waals surface area (Å²) in [6, 6.07) is 6.35. The van der Waals surface area contributed by atoms with E-state index in [2.05, 4.69) is 20.6 Å². The molecule has 1 aliphatic heterocycles. The van der Waals surface area contributed by atoms with Crippen molar-refractivity contribution in [2.75, 3.05) is 33.3 Å². The van der Waals surface area contributed by atoms with Crippen LogP contribution in [0.15, 0.2) is 35.2 Å². The Bertz CT molecular complexity index is 823. The molecule has 7 nitrogen and oxygen atoms in total. The molecule has 8 heteroatoms. The van der Waals surface area contributed by atoms with Gasteiger partial charge in [0.1, 0.15) is 11.8 Å². The highest BCUT2D eigenvalue weighted by Gasteiger charge is 2.30. The summed E-state index contributed by atoms with van der Waals surface area (Å²) in [4.78, 5) is 34.5. The first-order chi connectivity index (χ1) is 14.5. The summed E-state index contributed by atoms with van der Waals surface area (Å²) >= 11 is 1.60. The molecule has 162 valence electrons.